The molecule has 0 saturated carbocycles. The molecule has 0 saturated heterocycles. The molecular weight excluding hydrogens is 446 g/mol. The van der Waals surface area contributed by atoms with Crippen molar-refractivity contribution in [3.05, 3.63) is 52.8 Å². The summed E-state index contributed by atoms with van der Waals surface area (Å²) >= 11 is 0. The van der Waals surface area contributed by atoms with E-state index in [0.29, 0.717) is 46.8 Å². The highest BCUT2D eigenvalue weighted by molar-refractivity contribution is 5.94. The summed E-state index contributed by atoms with van der Waals surface area (Å²) in [6, 6.07) is 6.59. The molecule has 0 unspecified atom stereocenters. The number of carbonyl (C=O) groups excluding carboxylic acids is 2. The number of amides is 1. The number of nitrogens with zero attached hydrogens (tertiary/aromatic N) is 2. The number of aryl methyl sites for hydroxylation is 3. The summed E-state index contributed by atoms with van der Waals surface area (Å²) < 4.78 is 5.49. The van der Waals surface area contributed by atoms with Crippen molar-refractivity contribution in [1.29, 1.82) is 0 Å². The zero-order valence-corrected chi connectivity index (χ0v) is 18.0. The van der Waals surface area contributed by atoms with E-state index in [1.807, 2.05) is 0 Å². The van der Waals surface area contributed by atoms with Gasteiger partial charge in [-0.2, -0.15) is 0 Å². The average Bonchev–Trinajstić information content (AvgIpc) is 2.75. The van der Waals surface area contributed by atoms with Gasteiger partial charge in [0.05, 0.1) is 23.4 Å². The van der Waals surface area contributed by atoms with Gasteiger partial charge in [-0.1, -0.05) is 0 Å². The lowest BCUT2D eigenvalue weighted by Gasteiger charge is -2.17. The van der Waals surface area contributed by atoms with Gasteiger partial charge in [0.25, 0.3) is 0 Å². The van der Waals surface area contributed by atoms with Crippen molar-refractivity contribution in [1.82, 2.24) is 10.3 Å². The quantitative estimate of drug-likeness (QED) is 0.203. The Morgan fingerprint density at radius 3 is 2.59 bits per heavy atom. The Morgan fingerprint density at radius 2 is 1.91 bits per heavy atom. The number of esters is 1. The molecule has 0 radical (unpaired) electrons. The number of hydrogen-bond acceptors (Lipinski definition) is 7. The third-order valence-electron chi connectivity index (χ3n) is 5.01. The summed E-state index contributed by atoms with van der Waals surface area (Å²) in [4.78, 5) is 55.0. The van der Waals surface area contributed by atoms with Crippen LogP contribution in [-0.4, -0.2) is 51.0 Å². The van der Waals surface area contributed by atoms with E-state index in [0.717, 1.165) is 0 Å². The zero-order chi connectivity index (χ0) is 24.8. The first-order chi connectivity index (χ1) is 16.1. The van der Waals surface area contributed by atoms with Crippen LogP contribution >= 0.6 is 0 Å². The average molecular weight is 469 g/mol. The number of hydrogen-bond donors (Lipinski definition) is 5. The Labute approximate surface area is 193 Å². The first-order valence-corrected chi connectivity index (χ1v) is 10.3. The Bertz CT molecular complexity index is 1170. The van der Waals surface area contributed by atoms with Gasteiger partial charge in [-0.15, -0.1) is 0 Å². The van der Waals surface area contributed by atoms with Crippen LogP contribution in [0.5, 0.6) is 5.75 Å². The van der Waals surface area contributed by atoms with Gasteiger partial charge < -0.3 is 31.7 Å². The van der Waals surface area contributed by atoms with Crippen LogP contribution in [0.1, 0.15) is 40.2 Å². The minimum atomic E-state index is -1.52. The molecule has 1 aromatic heterocycles. The van der Waals surface area contributed by atoms with Gasteiger partial charge in [-0.25, -0.2) is 14.6 Å². The Hall–Kier alpha value is -4.48. The van der Waals surface area contributed by atoms with Crippen LogP contribution in [0.2, 0.25) is 0 Å². The molecule has 34 heavy (non-hydrogen) atoms. The molecule has 0 fully saturated rings. The van der Waals surface area contributed by atoms with E-state index < -0.39 is 36.3 Å². The maximum atomic E-state index is 12.6. The molecule has 3 rings (SSSR count). The van der Waals surface area contributed by atoms with Crippen LogP contribution in [0, 0.1) is 0 Å². The van der Waals surface area contributed by atoms with Crippen molar-refractivity contribution in [2.75, 3.05) is 0 Å². The van der Waals surface area contributed by atoms with Gasteiger partial charge in [0, 0.05) is 12.1 Å². The first-order valence-electron chi connectivity index (χ1n) is 10.3. The SMILES string of the molecule is NC(N)=Nc1ccc2c(c1)CCc1nc(CCC(=O)N[C@@H](CC(=O)O)C(=O)O)ccc1OC2=O. The highest BCUT2D eigenvalue weighted by atomic mass is 16.5. The molecule has 178 valence electrons. The second-order valence-electron chi connectivity index (χ2n) is 7.57. The minimum Gasteiger partial charge on any atom is -0.481 e. The molecule has 7 N–H and O–H groups in total. The summed E-state index contributed by atoms with van der Waals surface area (Å²) in [6.07, 6.45) is 0.269. The number of carboxylic acids is 2. The standard InChI is InChI=1S/C22H23N5O7/c23-22(24)26-13-2-5-14-11(9-13)1-6-15-17(34-21(14)33)7-3-12(25-15)4-8-18(28)27-16(20(31)32)10-19(29)30/h2-3,5,7,9,16H,1,4,6,8,10H2,(H,27,28)(H,29,30)(H,31,32)(H4,23,24,26)/t16-/m0/s1. The third-order valence-corrected chi connectivity index (χ3v) is 5.01. The number of nitrogens with two attached hydrogens (primary N) is 2. The molecular formula is C22H23N5O7. The minimum absolute atomic E-state index is 0.0975. The zero-order valence-electron chi connectivity index (χ0n) is 18.0. The van der Waals surface area contributed by atoms with Gasteiger partial charge in [0.2, 0.25) is 5.91 Å². The summed E-state index contributed by atoms with van der Waals surface area (Å²) in [5.74, 6) is -3.72. The molecule has 12 nitrogen and oxygen atoms in total. The molecule has 2 heterocycles. The molecule has 1 aromatic carbocycles. The Morgan fingerprint density at radius 1 is 1.15 bits per heavy atom. The summed E-state index contributed by atoms with van der Waals surface area (Å²) in [6.45, 7) is 0. The van der Waals surface area contributed by atoms with Gasteiger partial charge in [0.1, 0.15) is 6.04 Å². The number of benzene rings is 1. The van der Waals surface area contributed by atoms with Gasteiger partial charge in [-0.3, -0.25) is 14.6 Å². The second-order valence-corrected chi connectivity index (χ2v) is 7.57. The van der Waals surface area contributed by atoms with Crippen molar-refractivity contribution in [2.24, 2.45) is 16.5 Å². The van der Waals surface area contributed by atoms with E-state index in [2.05, 4.69) is 15.3 Å². The third kappa shape index (κ3) is 6.28. The van der Waals surface area contributed by atoms with Crippen LogP contribution in [0.15, 0.2) is 35.3 Å². The lowest BCUT2D eigenvalue weighted by Crippen LogP contribution is -2.42. The van der Waals surface area contributed by atoms with Crippen LogP contribution in [0.25, 0.3) is 0 Å². The highest BCUT2D eigenvalue weighted by Crippen LogP contribution is 2.27. The molecule has 1 amide bonds. The number of carboxylic acid groups (broad SMARTS) is 2. The summed E-state index contributed by atoms with van der Waals surface area (Å²) in [5, 5.41) is 20.0. The molecule has 1 aliphatic rings. The van der Waals surface area contributed by atoms with Crippen LogP contribution < -0.4 is 21.5 Å². The lowest BCUT2D eigenvalue weighted by atomic mass is 9.99. The van der Waals surface area contributed by atoms with Crippen molar-refractivity contribution in [2.45, 2.75) is 38.1 Å². The van der Waals surface area contributed by atoms with Crippen LogP contribution in [0.4, 0.5) is 5.69 Å². The van der Waals surface area contributed by atoms with E-state index in [1.165, 1.54) is 0 Å². The van der Waals surface area contributed by atoms with Gasteiger partial charge >= 0.3 is 17.9 Å². The monoisotopic (exact) mass is 469 g/mol. The van der Waals surface area contributed by atoms with Crippen molar-refractivity contribution >= 4 is 35.5 Å². The van der Waals surface area contributed by atoms with Crippen LogP contribution in [-0.2, 0) is 33.6 Å². The topological polar surface area (TPSA) is 207 Å². The van der Waals surface area contributed by atoms with E-state index in [-0.39, 0.29) is 18.8 Å². The normalized spacial score (nSPS) is 13.2. The largest absolute Gasteiger partial charge is 0.481 e. The number of rotatable bonds is 8. The number of guanidine groups is 1. The maximum Gasteiger partial charge on any atom is 0.343 e. The Balaban J connectivity index is 1.70. The molecule has 1 aliphatic heterocycles. The molecule has 1 atom stereocenters. The van der Waals surface area contributed by atoms with Gasteiger partial charge in [0.15, 0.2) is 11.7 Å². The molecule has 2 aromatic rings. The van der Waals surface area contributed by atoms with Gasteiger partial charge in [-0.05, 0) is 55.2 Å². The van der Waals surface area contributed by atoms with E-state index >= 15 is 0 Å². The highest BCUT2D eigenvalue weighted by Gasteiger charge is 2.24. The summed E-state index contributed by atoms with van der Waals surface area (Å²) in [5.41, 5.74) is 13.5. The molecule has 0 spiro atoms. The second kappa shape index (κ2) is 10.4. The van der Waals surface area contributed by atoms with Crippen molar-refractivity contribution in [3.8, 4) is 5.75 Å². The van der Waals surface area contributed by atoms with E-state index in [4.69, 9.17) is 26.4 Å². The number of aromatic nitrogens is 1. The fraction of sp³-hybridized carbons (Fsp3) is 0.273. The van der Waals surface area contributed by atoms with E-state index in [9.17, 15) is 19.2 Å². The first kappa shape index (κ1) is 24.2. The molecule has 0 aliphatic carbocycles. The van der Waals surface area contributed by atoms with Crippen molar-refractivity contribution < 1.29 is 34.1 Å². The molecule has 0 bridgehead atoms. The maximum absolute atomic E-state index is 12.6. The van der Waals surface area contributed by atoms with Crippen molar-refractivity contribution in [3.63, 3.8) is 0 Å². The number of fused-ring (bicyclic) bond motifs is 2. The lowest BCUT2D eigenvalue weighted by molar-refractivity contribution is -0.147. The summed E-state index contributed by atoms with van der Waals surface area (Å²) in [7, 11) is 0. The number of aliphatic carboxylic acids is 2. The fourth-order valence-corrected chi connectivity index (χ4v) is 3.44. The smallest absolute Gasteiger partial charge is 0.343 e. The number of nitrogens with one attached hydrogen (secondary N) is 1. The predicted molar refractivity (Wildman–Crippen MR) is 119 cm³/mol. The molecule has 12 heteroatoms. The number of ether oxygens (including phenoxy) is 1. The predicted octanol–water partition coefficient (Wildman–Crippen LogP) is 0.281. The number of pyridine rings is 1. The number of carbonyl (C=O) groups is 4. The Kier molecular flexibility index (Phi) is 7.41. The van der Waals surface area contributed by atoms with Crippen LogP contribution in [0.3, 0.4) is 0 Å². The van der Waals surface area contributed by atoms with E-state index in [1.54, 1.807) is 30.3 Å². The fourth-order valence-electron chi connectivity index (χ4n) is 3.44. The number of aliphatic imine (C=N–C) groups is 1.